The number of anilines is 1. The Morgan fingerprint density at radius 2 is 1.71 bits per heavy atom. The minimum atomic E-state index is -4.87. The first-order valence-electron chi connectivity index (χ1n) is 9.90. The molecule has 10 heteroatoms. The van der Waals surface area contributed by atoms with Gasteiger partial charge >= 0.3 is 6.36 Å². The van der Waals surface area contributed by atoms with Gasteiger partial charge in [-0.3, -0.25) is 19.5 Å². The van der Waals surface area contributed by atoms with E-state index < -0.39 is 29.8 Å². The van der Waals surface area contributed by atoms with Crippen LogP contribution in [0.3, 0.4) is 0 Å². The summed E-state index contributed by atoms with van der Waals surface area (Å²) in [6.45, 7) is 1.81. The molecule has 1 aliphatic heterocycles. The van der Waals surface area contributed by atoms with E-state index in [0.717, 1.165) is 27.1 Å². The molecule has 1 aromatic heterocycles. The summed E-state index contributed by atoms with van der Waals surface area (Å²) in [5, 5.41) is 11.1. The van der Waals surface area contributed by atoms with Gasteiger partial charge in [0.2, 0.25) is 0 Å². The SMILES string of the molecule is Cc1cc(/C(O)=C2/C(=O)C(=O)N(c3ccc(OC(F)(F)F)cc3)C2c2ccncc2)ccc1Br. The van der Waals surface area contributed by atoms with Gasteiger partial charge in [0.05, 0.1) is 11.6 Å². The van der Waals surface area contributed by atoms with Crippen molar-refractivity contribution in [2.45, 2.75) is 19.3 Å². The van der Waals surface area contributed by atoms with Crippen molar-refractivity contribution >= 4 is 39.1 Å². The predicted molar refractivity (Wildman–Crippen MR) is 121 cm³/mol. The third-order valence-corrected chi connectivity index (χ3v) is 6.14. The molecule has 1 saturated heterocycles. The number of nitrogens with zero attached hydrogens (tertiary/aromatic N) is 2. The number of ether oxygens (including phenoxy) is 1. The number of aryl methyl sites for hydroxylation is 1. The number of aromatic nitrogens is 1. The minimum Gasteiger partial charge on any atom is -0.507 e. The smallest absolute Gasteiger partial charge is 0.507 e. The molecule has 1 unspecified atom stereocenters. The van der Waals surface area contributed by atoms with Gasteiger partial charge in [0, 0.05) is 28.1 Å². The summed E-state index contributed by atoms with van der Waals surface area (Å²) in [7, 11) is 0. The Bertz CT molecular complexity index is 1290. The van der Waals surface area contributed by atoms with Crippen LogP contribution in [0, 0.1) is 6.92 Å². The van der Waals surface area contributed by atoms with Crippen LogP contribution in [-0.2, 0) is 9.59 Å². The molecule has 174 valence electrons. The number of aliphatic hydroxyl groups excluding tert-OH is 1. The van der Waals surface area contributed by atoms with E-state index in [-0.39, 0.29) is 17.0 Å². The number of carbonyl (C=O) groups excluding carboxylic acids is 2. The molecule has 6 nitrogen and oxygen atoms in total. The van der Waals surface area contributed by atoms with Crippen molar-refractivity contribution in [3.05, 3.63) is 93.7 Å². The van der Waals surface area contributed by atoms with Crippen molar-refractivity contribution in [2.24, 2.45) is 0 Å². The lowest BCUT2D eigenvalue weighted by Crippen LogP contribution is -2.29. The van der Waals surface area contributed by atoms with Crippen LogP contribution in [0.25, 0.3) is 5.76 Å². The second-order valence-electron chi connectivity index (χ2n) is 7.46. The summed E-state index contributed by atoms with van der Waals surface area (Å²) in [5.74, 6) is -2.69. The quantitative estimate of drug-likeness (QED) is 0.265. The molecule has 2 heterocycles. The van der Waals surface area contributed by atoms with Gasteiger partial charge in [0.1, 0.15) is 11.5 Å². The lowest BCUT2D eigenvalue weighted by molar-refractivity contribution is -0.274. The topological polar surface area (TPSA) is 79.7 Å². The van der Waals surface area contributed by atoms with Crippen molar-refractivity contribution in [3.63, 3.8) is 0 Å². The second kappa shape index (κ2) is 8.94. The highest BCUT2D eigenvalue weighted by Gasteiger charge is 2.47. The number of halogens is 4. The van der Waals surface area contributed by atoms with Crippen LogP contribution in [0.2, 0.25) is 0 Å². The molecule has 0 bridgehead atoms. The Hall–Kier alpha value is -3.66. The molecule has 1 atom stereocenters. The molecular weight excluding hydrogens is 517 g/mol. The monoisotopic (exact) mass is 532 g/mol. The predicted octanol–water partition coefficient (Wildman–Crippen LogP) is 5.68. The number of ketones is 1. The molecule has 1 fully saturated rings. The zero-order valence-electron chi connectivity index (χ0n) is 17.5. The van der Waals surface area contributed by atoms with Crippen LogP contribution in [0.4, 0.5) is 18.9 Å². The summed E-state index contributed by atoms with van der Waals surface area (Å²) in [5.41, 5.74) is 1.64. The van der Waals surface area contributed by atoms with Gasteiger partial charge in [-0.1, -0.05) is 22.0 Å². The fraction of sp³-hybridized carbons (Fsp3) is 0.125. The van der Waals surface area contributed by atoms with E-state index in [9.17, 15) is 27.9 Å². The van der Waals surface area contributed by atoms with Crippen LogP contribution < -0.4 is 9.64 Å². The maximum Gasteiger partial charge on any atom is 0.573 e. The fourth-order valence-corrected chi connectivity index (χ4v) is 3.96. The molecular formula is C24H16BrF3N2O4. The Balaban J connectivity index is 1.85. The van der Waals surface area contributed by atoms with Gasteiger partial charge in [-0.25, -0.2) is 0 Å². The molecule has 4 rings (SSSR count). The number of benzene rings is 2. The molecule has 1 aliphatic rings. The maximum atomic E-state index is 13.1. The summed E-state index contributed by atoms with van der Waals surface area (Å²) in [4.78, 5) is 31.2. The van der Waals surface area contributed by atoms with E-state index in [1.807, 2.05) is 6.92 Å². The number of carbonyl (C=O) groups is 2. The summed E-state index contributed by atoms with van der Waals surface area (Å²) < 4.78 is 42.2. The number of pyridine rings is 1. The molecule has 34 heavy (non-hydrogen) atoms. The normalized spacial score (nSPS) is 17.8. The van der Waals surface area contributed by atoms with Crippen LogP contribution in [0.5, 0.6) is 5.75 Å². The van der Waals surface area contributed by atoms with E-state index in [4.69, 9.17) is 0 Å². The maximum absolute atomic E-state index is 13.1. The van der Waals surface area contributed by atoms with Crippen LogP contribution in [-0.4, -0.2) is 28.1 Å². The van der Waals surface area contributed by atoms with E-state index in [0.29, 0.717) is 11.1 Å². The third kappa shape index (κ3) is 4.54. The first-order chi connectivity index (χ1) is 16.1. The van der Waals surface area contributed by atoms with Gasteiger partial charge in [0.15, 0.2) is 0 Å². The number of hydrogen-bond donors (Lipinski definition) is 1. The Morgan fingerprint density at radius 1 is 1.06 bits per heavy atom. The first-order valence-corrected chi connectivity index (χ1v) is 10.7. The summed E-state index contributed by atoms with van der Waals surface area (Å²) in [6, 6.07) is 11.7. The van der Waals surface area contributed by atoms with Gasteiger partial charge in [-0.2, -0.15) is 0 Å². The lowest BCUT2D eigenvalue weighted by atomic mass is 9.95. The van der Waals surface area contributed by atoms with E-state index in [2.05, 4.69) is 25.7 Å². The van der Waals surface area contributed by atoms with E-state index in [1.165, 1.54) is 24.5 Å². The van der Waals surface area contributed by atoms with Crippen LogP contribution >= 0.6 is 15.9 Å². The highest BCUT2D eigenvalue weighted by atomic mass is 79.9. The molecule has 1 amide bonds. The van der Waals surface area contributed by atoms with Crippen molar-refractivity contribution in [1.29, 1.82) is 0 Å². The Morgan fingerprint density at radius 3 is 2.29 bits per heavy atom. The van der Waals surface area contributed by atoms with Gasteiger partial charge in [-0.15, -0.1) is 13.2 Å². The van der Waals surface area contributed by atoms with Crippen molar-refractivity contribution in [3.8, 4) is 5.75 Å². The highest BCUT2D eigenvalue weighted by molar-refractivity contribution is 9.10. The molecule has 0 radical (unpaired) electrons. The van der Waals surface area contributed by atoms with Crippen molar-refractivity contribution < 1.29 is 32.6 Å². The number of Topliss-reactive ketones (excluding diaryl/α,β-unsaturated/α-hetero) is 1. The lowest BCUT2D eigenvalue weighted by Gasteiger charge is -2.25. The van der Waals surface area contributed by atoms with Crippen LogP contribution in [0.15, 0.2) is 77.0 Å². The zero-order valence-corrected chi connectivity index (χ0v) is 19.1. The molecule has 3 aromatic rings. The largest absolute Gasteiger partial charge is 0.573 e. The molecule has 1 N–H and O–H groups in total. The summed E-state index contributed by atoms with van der Waals surface area (Å²) in [6.07, 6.45) is -1.93. The zero-order chi connectivity index (χ0) is 24.6. The number of hydrogen-bond acceptors (Lipinski definition) is 5. The Labute approximate surface area is 200 Å². The van der Waals surface area contributed by atoms with Gasteiger partial charge in [0.25, 0.3) is 11.7 Å². The third-order valence-electron chi connectivity index (χ3n) is 5.25. The second-order valence-corrected chi connectivity index (χ2v) is 8.31. The van der Waals surface area contributed by atoms with E-state index in [1.54, 1.807) is 30.3 Å². The average molecular weight is 533 g/mol. The number of alkyl halides is 3. The average Bonchev–Trinajstić information content (AvgIpc) is 3.06. The highest BCUT2D eigenvalue weighted by Crippen LogP contribution is 2.42. The Kier molecular flexibility index (Phi) is 6.18. The van der Waals surface area contributed by atoms with Crippen molar-refractivity contribution in [1.82, 2.24) is 4.98 Å². The minimum absolute atomic E-state index is 0.145. The fourth-order valence-electron chi connectivity index (χ4n) is 3.72. The van der Waals surface area contributed by atoms with Crippen LogP contribution in [0.1, 0.15) is 22.7 Å². The molecule has 0 spiro atoms. The van der Waals surface area contributed by atoms with Gasteiger partial charge in [-0.05, 0) is 66.6 Å². The number of rotatable bonds is 4. The molecule has 2 aromatic carbocycles. The summed E-state index contributed by atoms with van der Waals surface area (Å²) >= 11 is 3.38. The molecule has 0 aliphatic carbocycles. The number of amides is 1. The molecule has 0 saturated carbocycles. The van der Waals surface area contributed by atoms with Gasteiger partial charge < -0.3 is 9.84 Å². The van der Waals surface area contributed by atoms with E-state index >= 15 is 0 Å². The van der Waals surface area contributed by atoms with Crippen molar-refractivity contribution in [2.75, 3.05) is 4.90 Å². The number of aliphatic hydroxyl groups is 1. The first kappa shape index (κ1) is 23.5. The standard InChI is InChI=1S/C24H16BrF3N2O4/c1-13-12-15(2-7-18(13)25)21(31)19-20(14-8-10-29-11-9-14)30(23(33)22(19)32)16-3-5-17(6-4-16)34-24(26,27)28/h2-12,20,31H,1H3/b21-19-.